The summed E-state index contributed by atoms with van der Waals surface area (Å²) in [6, 6.07) is 13.2. The number of nitrogens with one attached hydrogen (secondary N) is 1. The normalized spacial score (nSPS) is 10.4. The van der Waals surface area contributed by atoms with Crippen LogP contribution in [0.5, 0.6) is 11.5 Å². The van der Waals surface area contributed by atoms with Crippen LogP contribution in [-0.2, 0) is 11.2 Å². The summed E-state index contributed by atoms with van der Waals surface area (Å²) in [5.74, 6) is 1.29. The third-order valence-corrected chi connectivity index (χ3v) is 4.75. The lowest BCUT2D eigenvalue weighted by Gasteiger charge is -2.10. The van der Waals surface area contributed by atoms with E-state index in [1.54, 1.807) is 14.2 Å². The summed E-state index contributed by atoms with van der Waals surface area (Å²) in [6.07, 6.45) is 0.988. The average Bonchev–Trinajstić information content (AvgIpc) is 3.13. The standard InChI is InChI=1S/C20H21N3O3S/c1-25-17-9-3-13(11-18(17)26-2)4-10-19(24)22-15-7-5-14(6-8-15)16-12-27-20(21)23-16/h3,5-9,11-12H,4,10H2,1-2H3,(H2,21,23)(H,22,24). The van der Waals surface area contributed by atoms with Crippen molar-refractivity contribution >= 4 is 28.1 Å². The third kappa shape index (κ3) is 4.77. The van der Waals surface area contributed by atoms with E-state index in [1.807, 2.05) is 47.8 Å². The maximum Gasteiger partial charge on any atom is 0.224 e. The number of benzene rings is 2. The van der Waals surface area contributed by atoms with Crippen molar-refractivity contribution < 1.29 is 14.3 Å². The number of aryl methyl sites for hydroxylation is 1. The molecule has 0 radical (unpaired) electrons. The van der Waals surface area contributed by atoms with E-state index >= 15 is 0 Å². The summed E-state index contributed by atoms with van der Waals surface area (Å²) < 4.78 is 10.5. The fraction of sp³-hybridized carbons (Fsp3) is 0.200. The van der Waals surface area contributed by atoms with Gasteiger partial charge in [-0.1, -0.05) is 18.2 Å². The smallest absolute Gasteiger partial charge is 0.224 e. The molecule has 0 bridgehead atoms. The van der Waals surface area contributed by atoms with Crippen molar-refractivity contribution in [2.24, 2.45) is 0 Å². The van der Waals surface area contributed by atoms with Gasteiger partial charge in [0.1, 0.15) is 0 Å². The van der Waals surface area contributed by atoms with E-state index in [-0.39, 0.29) is 5.91 Å². The van der Waals surface area contributed by atoms with Gasteiger partial charge in [-0.25, -0.2) is 4.98 Å². The van der Waals surface area contributed by atoms with E-state index in [4.69, 9.17) is 15.2 Å². The molecule has 0 saturated heterocycles. The van der Waals surface area contributed by atoms with Crippen molar-refractivity contribution in [2.75, 3.05) is 25.3 Å². The molecule has 0 fully saturated rings. The number of nitrogens with zero attached hydrogens (tertiary/aromatic N) is 1. The Morgan fingerprint density at radius 2 is 1.85 bits per heavy atom. The highest BCUT2D eigenvalue weighted by atomic mass is 32.1. The molecule has 1 amide bonds. The second-order valence-corrected chi connectivity index (χ2v) is 6.78. The number of amides is 1. The minimum absolute atomic E-state index is 0.0459. The van der Waals surface area contributed by atoms with Gasteiger partial charge in [0.25, 0.3) is 0 Å². The van der Waals surface area contributed by atoms with Gasteiger partial charge >= 0.3 is 0 Å². The molecule has 6 nitrogen and oxygen atoms in total. The second-order valence-electron chi connectivity index (χ2n) is 5.89. The van der Waals surface area contributed by atoms with Crippen molar-refractivity contribution in [3.8, 4) is 22.8 Å². The zero-order chi connectivity index (χ0) is 19.2. The number of nitrogen functional groups attached to an aromatic ring is 1. The molecule has 7 heteroatoms. The Hall–Kier alpha value is -3.06. The van der Waals surface area contributed by atoms with E-state index in [2.05, 4.69) is 10.3 Å². The number of hydrogen-bond acceptors (Lipinski definition) is 6. The average molecular weight is 383 g/mol. The molecule has 2 aromatic carbocycles. The van der Waals surface area contributed by atoms with E-state index in [9.17, 15) is 4.79 Å². The zero-order valence-corrected chi connectivity index (χ0v) is 16.0. The Labute approximate surface area is 162 Å². The number of aromatic nitrogens is 1. The van der Waals surface area contributed by atoms with Crippen molar-refractivity contribution in [3.63, 3.8) is 0 Å². The summed E-state index contributed by atoms with van der Waals surface area (Å²) in [6.45, 7) is 0. The van der Waals surface area contributed by atoms with Crippen LogP contribution in [0.3, 0.4) is 0 Å². The van der Waals surface area contributed by atoms with Crippen LogP contribution in [0.15, 0.2) is 47.8 Å². The fourth-order valence-electron chi connectivity index (χ4n) is 2.66. The molecule has 0 unspecified atom stereocenters. The zero-order valence-electron chi connectivity index (χ0n) is 15.2. The van der Waals surface area contributed by atoms with Gasteiger partial charge in [0.2, 0.25) is 5.91 Å². The molecule has 0 aliphatic rings. The Balaban J connectivity index is 1.56. The number of anilines is 2. The molecule has 0 saturated carbocycles. The first-order valence-corrected chi connectivity index (χ1v) is 9.29. The molecule has 0 aliphatic heterocycles. The van der Waals surface area contributed by atoms with E-state index in [0.717, 1.165) is 22.5 Å². The van der Waals surface area contributed by atoms with Crippen molar-refractivity contribution in [3.05, 3.63) is 53.4 Å². The van der Waals surface area contributed by atoms with Gasteiger partial charge in [-0.05, 0) is 36.2 Å². The molecular weight excluding hydrogens is 362 g/mol. The van der Waals surface area contributed by atoms with Gasteiger partial charge in [0.05, 0.1) is 19.9 Å². The lowest BCUT2D eigenvalue weighted by atomic mass is 10.1. The van der Waals surface area contributed by atoms with Crippen LogP contribution < -0.4 is 20.5 Å². The summed E-state index contributed by atoms with van der Waals surface area (Å²) >= 11 is 1.40. The maximum atomic E-state index is 12.2. The number of nitrogens with two attached hydrogens (primary N) is 1. The van der Waals surface area contributed by atoms with Crippen molar-refractivity contribution in [1.29, 1.82) is 0 Å². The molecule has 0 atom stereocenters. The SMILES string of the molecule is COc1ccc(CCC(=O)Nc2ccc(-c3csc(N)n3)cc2)cc1OC. The molecule has 3 rings (SSSR count). The summed E-state index contributed by atoms with van der Waals surface area (Å²) in [4.78, 5) is 16.5. The lowest BCUT2D eigenvalue weighted by Crippen LogP contribution is -2.12. The second kappa shape index (κ2) is 8.55. The first-order chi connectivity index (χ1) is 13.1. The summed E-state index contributed by atoms with van der Waals surface area (Å²) in [5, 5.41) is 5.36. The van der Waals surface area contributed by atoms with Crippen LogP contribution in [0.1, 0.15) is 12.0 Å². The van der Waals surface area contributed by atoms with Gasteiger partial charge in [0, 0.05) is 23.1 Å². The van der Waals surface area contributed by atoms with Crippen LogP contribution in [0.4, 0.5) is 10.8 Å². The topological polar surface area (TPSA) is 86.5 Å². The Bertz CT molecular complexity index is 922. The molecule has 1 aromatic heterocycles. The third-order valence-electron chi connectivity index (χ3n) is 4.08. The molecule has 140 valence electrons. The van der Waals surface area contributed by atoms with Gasteiger partial charge < -0.3 is 20.5 Å². The number of rotatable bonds is 7. The number of ether oxygens (including phenoxy) is 2. The molecule has 3 N–H and O–H groups in total. The predicted octanol–water partition coefficient (Wildman–Crippen LogP) is 3.98. The van der Waals surface area contributed by atoms with E-state index in [0.29, 0.717) is 29.5 Å². The van der Waals surface area contributed by atoms with Crippen LogP contribution >= 0.6 is 11.3 Å². The number of hydrogen-bond donors (Lipinski definition) is 2. The van der Waals surface area contributed by atoms with E-state index < -0.39 is 0 Å². The van der Waals surface area contributed by atoms with Crippen LogP contribution in [-0.4, -0.2) is 25.1 Å². The maximum absolute atomic E-state index is 12.2. The molecule has 27 heavy (non-hydrogen) atoms. The summed E-state index contributed by atoms with van der Waals surface area (Å²) in [7, 11) is 3.19. The molecule has 3 aromatic rings. The Kier molecular flexibility index (Phi) is 5.93. The van der Waals surface area contributed by atoms with Gasteiger partial charge in [-0.3, -0.25) is 4.79 Å². The molecule has 0 spiro atoms. The molecular formula is C20H21N3O3S. The Morgan fingerprint density at radius 3 is 2.48 bits per heavy atom. The van der Waals surface area contributed by atoms with Crippen LogP contribution in [0.2, 0.25) is 0 Å². The largest absolute Gasteiger partial charge is 0.493 e. The predicted molar refractivity (Wildman–Crippen MR) is 108 cm³/mol. The van der Waals surface area contributed by atoms with Crippen LogP contribution in [0.25, 0.3) is 11.3 Å². The van der Waals surface area contributed by atoms with Crippen molar-refractivity contribution in [1.82, 2.24) is 4.98 Å². The first kappa shape index (κ1) is 18.7. The minimum atomic E-state index is -0.0459. The highest BCUT2D eigenvalue weighted by Crippen LogP contribution is 2.28. The van der Waals surface area contributed by atoms with Gasteiger partial charge in [-0.2, -0.15) is 0 Å². The van der Waals surface area contributed by atoms with Gasteiger partial charge in [-0.15, -0.1) is 11.3 Å². The lowest BCUT2D eigenvalue weighted by molar-refractivity contribution is -0.116. The Morgan fingerprint density at radius 1 is 1.11 bits per heavy atom. The monoisotopic (exact) mass is 383 g/mol. The quantitative estimate of drug-likeness (QED) is 0.644. The number of carbonyl (C=O) groups is 1. The number of methoxy groups -OCH3 is 2. The van der Waals surface area contributed by atoms with E-state index in [1.165, 1.54) is 11.3 Å². The fourth-order valence-corrected chi connectivity index (χ4v) is 3.23. The molecule has 1 heterocycles. The molecule has 0 aliphatic carbocycles. The highest BCUT2D eigenvalue weighted by Gasteiger charge is 2.08. The first-order valence-electron chi connectivity index (χ1n) is 8.41. The summed E-state index contributed by atoms with van der Waals surface area (Å²) in [5.41, 5.74) is 9.23. The highest BCUT2D eigenvalue weighted by molar-refractivity contribution is 7.13. The minimum Gasteiger partial charge on any atom is -0.493 e. The van der Waals surface area contributed by atoms with Crippen LogP contribution in [0, 0.1) is 0 Å². The van der Waals surface area contributed by atoms with Crippen molar-refractivity contribution in [2.45, 2.75) is 12.8 Å². The van der Waals surface area contributed by atoms with Gasteiger partial charge in [0.15, 0.2) is 16.6 Å². The number of carbonyl (C=O) groups excluding carboxylic acids is 1. The number of thiazole rings is 1.